The summed E-state index contributed by atoms with van der Waals surface area (Å²) in [5, 5.41) is 13.7. The van der Waals surface area contributed by atoms with E-state index in [-0.39, 0.29) is 12.1 Å². The van der Waals surface area contributed by atoms with Gasteiger partial charge in [0.15, 0.2) is 5.75 Å². The first-order valence-corrected chi connectivity index (χ1v) is 9.85. The van der Waals surface area contributed by atoms with Gasteiger partial charge in [-0.2, -0.15) is 0 Å². The largest absolute Gasteiger partial charge is 0.502 e. The Labute approximate surface area is 168 Å². The molecule has 1 aliphatic rings. The van der Waals surface area contributed by atoms with E-state index in [1.807, 2.05) is 12.1 Å². The minimum absolute atomic E-state index is 0.00834. The molecule has 29 heavy (non-hydrogen) atoms. The quantitative estimate of drug-likeness (QED) is 0.713. The number of rotatable bonds is 4. The van der Waals surface area contributed by atoms with Crippen molar-refractivity contribution in [2.24, 2.45) is 7.05 Å². The first-order valence-electron chi connectivity index (χ1n) is 9.85. The fourth-order valence-electron chi connectivity index (χ4n) is 3.85. The van der Waals surface area contributed by atoms with E-state index >= 15 is 0 Å². The van der Waals surface area contributed by atoms with Crippen molar-refractivity contribution in [1.29, 1.82) is 0 Å². The zero-order valence-corrected chi connectivity index (χ0v) is 16.4. The van der Waals surface area contributed by atoms with Crippen LogP contribution in [-0.4, -0.2) is 33.7 Å². The molecule has 0 unspecified atom stereocenters. The molecule has 0 radical (unpaired) electrons. The van der Waals surface area contributed by atoms with Gasteiger partial charge in [0, 0.05) is 38.3 Å². The average molecular weight is 392 g/mol. The van der Waals surface area contributed by atoms with E-state index in [0.29, 0.717) is 10.9 Å². The summed E-state index contributed by atoms with van der Waals surface area (Å²) in [4.78, 5) is 31.9. The summed E-state index contributed by atoms with van der Waals surface area (Å²) in [6.45, 7) is 2.27. The Balaban J connectivity index is 1.58. The molecular formula is C22H24N4O3. The first-order chi connectivity index (χ1) is 14.1. The van der Waals surface area contributed by atoms with Crippen molar-refractivity contribution in [3.05, 3.63) is 64.1 Å². The summed E-state index contributed by atoms with van der Waals surface area (Å²) in [5.41, 5.74) is 0.928. The number of nitrogens with one attached hydrogen (secondary N) is 1. The Hall–Kier alpha value is -3.35. The van der Waals surface area contributed by atoms with Crippen molar-refractivity contribution in [3.63, 3.8) is 0 Å². The van der Waals surface area contributed by atoms with E-state index in [4.69, 9.17) is 0 Å². The molecule has 1 amide bonds. The van der Waals surface area contributed by atoms with E-state index in [0.717, 1.165) is 37.3 Å². The third-order valence-corrected chi connectivity index (χ3v) is 5.45. The molecule has 2 N–H and O–H groups in total. The highest BCUT2D eigenvalue weighted by atomic mass is 16.3. The minimum Gasteiger partial charge on any atom is -0.502 e. The molecule has 3 aromatic rings. The number of carbonyl (C=O) groups excluding carboxylic acids is 1. The van der Waals surface area contributed by atoms with Crippen LogP contribution in [0.1, 0.15) is 35.2 Å². The molecule has 1 fully saturated rings. The average Bonchev–Trinajstić information content (AvgIpc) is 2.77. The summed E-state index contributed by atoms with van der Waals surface area (Å²) in [7, 11) is 1.57. The molecule has 7 nitrogen and oxygen atoms in total. The third kappa shape index (κ3) is 3.68. The van der Waals surface area contributed by atoms with Gasteiger partial charge in [-0.1, -0.05) is 18.2 Å². The fraction of sp³-hybridized carbons (Fsp3) is 0.318. The number of hydrogen-bond donors (Lipinski definition) is 2. The molecule has 0 atom stereocenters. The Morgan fingerprint density at radius 1 is 1.17 bits per heavy atom. The van der Waals surface area contributed by atoms with Gasteiger partial charge in [-0.05, 0) is 43.0 Å². The number of piperidine rings is 1. The van der Waals surface area contributed by atoms with Crippen molar-refractivity contribution < 1.29 is 9.90 Å². The number of aromatic nitrogens is 2. The zero-order valence-electron chi connectivity index (χ0n) is 16.4. The van der Waals surface area contributed by atoms with Gasteiger partial charge in [0.25, 0.3) is 11.5 Å². The maximum absolute atomic E-state index is 12.9. The van der Waals surface area contributed by atoms with Crippen LogP contribution in [0.15, 0.2) is 47.4 Å². The highest BCUT2D eigenvalue weighted by Crippen LogP contribution is 2.24. The van der Waals surface area contributed by atoms with Gasteiger partial charge < -0.3 is 19.9 Å². The lowest BCUT2D eigenvalue weighted by molar-refractivity contribution is 0.0949. The van der Waals surface area contributed by atoms with Crippen molar-refractivity contribution in [1.82, 2.24) is 14.9 Å². The molecule has 1 saturated heterocycles. The van der Waals surface area contributed by atoms with Crippen LogP contribution >= 0.6 is 0 Å². The van der Waals surface area contributed by atoms with Crippen LogP contribution in [0.25, 0.3) is 10.9 Å². The molecule has 0 spiro atoms. The highest BCUT2D eigenvalue weighted by Gasteiger charge is 2.20. The van der Waals surface area contributed by atoms with Gasteiger partial charge in [0.05, 0.1) is 11.1 Å². The molecule has 150 valence electrons. The minimum atomic E-state index is -0.592. The van der Waals surface area contributed by atoms with Crippen molar-refractivity contribution >= 4 is 22.6 Å². The number of nitrogens with zero attached hydrogens (tertiary/aromatic N) is 3. The molecule has 1 aromatic carbocycles. The number of hydrogen-bond acceptors (Lipinski definition) is 5. The van der Waals surface area contributed by atoms with Crippen LogP contribution in [0, 0.1) is 0 Å². The summed E-state index contributed by atoms with van der Waals surface area (Å²) in [6, 6.07) is 10.9. The predicted molar refractivity (Wildman–Crippen MR) is 112 cm³/mol. The van der Waals surface area contributed by atoms with Crippen molar-refractivity contribution in [2.45, 2.75) is 25.8 Å². The maximum atomic E-state index is 12.9. The van der Waals surface area contributed by atoms with Crippen LogP contribution in [0.5, 0.6) is 5.75 Å². The number of amides is 1. The van der Waals surface area contributed by atoms with E-state index in [9.17, 15) is 14.7 Å². The van der Waals surface area contributed by atoms with Gasteiger partial charge in [-0.25, -0.2) is 4.98 Å². The molecule has 0 aliphatic carbocycles. The Kier molecular flexibility index (Phi) is 5.20. The smallest absolute Gasteiger partial charge is 0.293 e. The second-order valence-electron chi connectivity index (χ2n) is 7.36. The molecule has 0 saturated carbocycles. The predicted octanol–water partition coefficient (Wildman–Crippen LogP) is 2.56. The SMILES string of the molecule is Cn1c(=O)c(O)c(C(=O)NCc2ccnc(N3CCCCC3)c2)c2ccccc21. The van der Waals surface area contributed by atoms with Gasteiger partial charge in [-0.15, -0.1) is 0 Å². The lowest BCUT2D eigenvalue weighted by Gasteiger charge is -2.27. The summed E-state index contributed by atoms with van der Waals surface area (Å²) in [6.07, 6.45) is 5.33. The molecular weight excluding hydrogens is 368 g/mol. The molecule has 1 aliphatic heterocycles. The van der Waals surface area contributed by atoms with Crippen molar-refractivity contribution in [2.75, 3.05) is 18.0 Å². The van der Waals surface area contributed by atoms with Gasteiger partial charge in [-0.3, -0.25) is 9.59 Å². The highest BCUT2D eigenvalue weighted by molar-refractivity contribution is 6.08. The van der Waals surface area contributed by atoms with Crippen molar-refractivity contribution in [3.8, 4) is 5.75 Å². The number of benzene rings is 1. The third-order valence-electron chi connectivity index (χ3n) is 5.45. The zero-order chi connectivity index (χ0) is 20.4. The van der Waals surface area contributed by atoms with Gasteiger partial charge in [0.2, 0.25) is 0 Å². The van der Waals surface area contributed by atoms with Crippen LogP contribution < -0.4 is 15.8 Å². The van der Waals surface area contributed by atoms with Gasteiger partial charge in [0.1, 0.15) is 5.82 Å². The van der Waals surface area contributed by atoms with Crippen LogP contribution in [0.4, 0.5) is 5.82 Å². The standard InChI is InChI=1S/C22H24N4O3/c1-25-17-8-4-3-7-16(17)19(20(27)22(25)29)21(28)24-14-15-9-10-23-18(13-15)26-11-5-2-6-12-26/h3-4,7-10,13,27H,2,5-6,11-12,14H2,1H3,(H,24,28). The second kappa shape index (κ2) is 7.95. The topological polar surface area (TPSA) is 87.5 Å². The van der Waals surface area contributed by atoms with E-state index < -0.39 is 17.2 Å². The summed E-state index contributed by atoms with van der Waals surface area (Å²) in [5.74, 6) is -0.0986. The van der Waals surface area contributed by atoms with E-state index in [2.05, 4.69) is 15.2 Å². The summed E-state index contributed by atoms with van der Waals surface area (Å²) < 4.78 is 1.34. The lowest BCUT2D eigenvalue weighted by atomic mass is 10.1. The monoisotopic (exact) mass is 392 g/mol. The van der Waals surface area contributed by atoms with Crippen LogP contribution in [-0.2, 0) is 13.6 Å². The number of fused-ring (bicyclic) bond motifs is 1. The lowest BCUT2D eigenvalue weighted by Crippen LogP contribution is -2.30. The number of para-hydroxylation sites is 1. The molecule has 2 aromatic heterocycles. The fourth-order valence-corrected chi connectivity index (χ4v) is 3.85. The molecule has 3 heterocycles. The van der Waals surface area contributed by atoms with Crippen LogP contribution in [0.2, 0.25) is 0 Å². The Bertz CT molecular complexity index is 1120. The van der Waals surface area contributed by atoms with E-state index in [1.165, 1.54) is 11.0 Å². The van der Waals surface area contributed by atoms with E-state index in [1.54, 1.807) is 37.5 Å². The molecule has 0 bridgehead atoms. The second-order valence-corrected chi connectivity index (χ2v) is 7.36. The Morgan fingerprint density at radius 3 is 2.72 bits per heavy atom. The summed E-state index contributed by atoms with van der Waals surface area (Å²) >= 11 is 0. The number of anilines is 1. The molecule has 4 rings (SSSR count). The van der Waals surface area contributed by atoms with Gasteiger partial charge >= 0.3 is 0 Å². The number of aromatic hydroxyl groups is 1. The number of pyridine rings is 2. The maximum Gasteiger partial charge on any atom is 0.293 e. The number of aryl methyl sites for hydroxylation is 1. The van der Waals surface area contributed by atoms with Crippen LogP contribution in [0.3, 0.4) is 0 Å². The molecule has 7 heteroatoms. The normalized spacial score (nSPS) is 14.2. The Morgan fingerprint density at radius 2 is 1.93 bits per heavy atom. The first kappa shape index (κ1) is 19.0. The number of carbonyl (C=O) groups is 1.